The van der Waals surface area contributed by atoms with Crippen LogP contribution < -0.4 is 21.3 Å². The van der Waals surface area contributed by atoms with E-state index < -0.39 is 82.8 Å². The highest BCUT2D eigenvalue weighted by Crippen LogP contribution is 2.30. The molecule has 4 rings (SSSR count). The molecule has 1 aliphatic heterocycles. The quantitative estimate of drug-likeness (QED) is 0.186. The number of hydrogen-bond acceptors (Lipinski definition) is 10. The summed E-state index contributed by atoms with van der Waals surface area (Å²) in [7, 11) is 1.53. The van der Waals surface area contributed by atoms with Gasteiger partial charge in [-0.1, -0.05) is 53.4 Å². The first-order chi connectivity index (χ1) is 25.8. The van der Waals surface area contributed by atoms with Gasteiger partial charge in [-0.2, -0.15) is 0 Å². The van der Waals surface area contributed by atoms with Crippen LogP contribution in [0.1, 0.15) is 117 Å². The molecule has 0 bridgehead atoms. The van der Waals surface area contributed by atoms with E-state index in [1.807, 2.05) is 27.7 Å². The first kappa shape index (κ1) is 43.4. The second-order valence-corrected chi connectivity index (χ2v) is 17.4. The second-order valence-electron chi connectivity index (χ2n) is 17.4. The first-order valence-electron chi connectivity index (χ1n) is 19.7. The van der Waals surface area contributed by atoms with E-state index >= 15 is 0 Å². The Bertz CT molecular complexity index is 1520. The normalized spacial score (nSPS) is 21.4. The van der Waals surface area contributed by atoms with Crippen LogP contribution in [0.5, 0.6) is 0 Å². The van der Waals surface area contributed by atoms with Gasteiger partial charge in [-0.05, 0) is 64.2 Å². The number of aliphatic hydroxyl groups excluding tert-OH is 1. The van der Waals surface area contributed by atoms with E-state index in [0.29, 0.717) is 12.8 Å². The molecule has 2 saturated carbocycles. The van der Waals surface area contributed by atoms with Gasteiger partial charge >= 0.3 is 6.09 Å². The first-order valence-corrected chi connectivity index (χ1v) is 19.7. The number of likely N-dealkylation sites (tertiary alicyclic amines) is 1. The van der Waals surface area contributed by atoms with E-state index in [1.165, 1.54) is 35.4 Å². The van der Waals surface area contributed by atoms with Crippen LogP contribution in [0.25, 0.3) is 0 Å². The zero-order chi connectivity index (χ0) is 40.7. The Morgan fingerprint density at radius 2 is 1.60 bits per heavy atom. The van der Waals surface area contributed by atoms with Crippen LogP contribution in [0, 0.1) is 17.3 Å². The average molecular weight is 771 g/mol. The lowest BCUT2D eigenvalue weighted by atomic mass is 9.82. The minimum absolute atomic E-state index is 0.0185. The zero-order valence-corrected chi connectivity index (χ0v) is 33.7. The molecule has 0 aromatic carbocycles. The summed E-state index contributed by atoms with van der Waals surface area (Å²) in [5.41, 5.74) is -1.57. The molecular formula is C39H62N8O8. The van der Waals surface area contributed by atoms with Gasteiger partial charge in [-0.25, -0.2) is 9.78 Å². The third-order valence-electron chi connectivity index (χ3n) is 10.5. The molecule has 3 unspecified atom stereocenters. The molecule has 1 aromatic rings. The number of nitrogens with one attached hydrogen (secondary N) is 4. The number of carbonyl (C=O) groups is 6. The van der Waals surface area contributed by atoms with Crippen molar-refractivity contribution in [1.29, 1.82) is 0 Å². The lowest BCUT2D eigenvalue weighted by molar-refractivity contribution is -0.142. The van der Waals surface area contributed by atoms with Gasteiger partial charge in [0.25, 0.3) is 11.8 Å². The van der Waals surface area contributed by atoms with Crippen molar-refractivity contribution in [1.82, 2.24) is 41.0 Å². The number of rotatable bonds is 14. The van der Waals surface area contributed by atoms with Crippen LogP contribution in [0.2, 0.25) is 0 Å². The molecule has 1 saturated heterocycles. The Balaban J connectivity index is 1.59. The number of ether oxygens (including phenoxy) is 1. The third kappa shape index (κ3) is 12.1. The SMILES string of the molecule is CCC[C@H](NC(=O)C1CN(C(=O)OC(C)(C)C)CC1N(C)C(=O)[C@@H](NC(=O)[C@@H](NC(=O)c1cnccn1)C1CCCCC1)C(C)(C)C)C(O)C(=O)NC1CC1. The van der Waals surface area contributed by atoms with Crippen molar-refractivity contribution >= 4 is 35.6 Å². The van der Waals surface area contributed by atoms with E-state index in [4.69, 9.17) is 4.74 Å². The van der Waals surface area contributed by atoms with Crippen molar-refractivity contribution < 1.29 is 38.6 Å². The molecule has 0 radical (unpaired) electrons. The van der Waals surface area contributed by atoms with Gasteiger partial charge in [0, 0.05) is 38.6 Å². The summed E-state index contributed by atoms with van der Waals surface area (Å²) in [6, 6.07) is -3.77. The Morgan fingerprint density at radius 3 is 2.16 bits per heavy atom. The molecule has 306 valence electrons. The van der Waals surface area contributed by atoms with Crippen LogP contribution in [-0.2, 0) is 23.9 Å². The zero-order valence-electron chi connectivity index (χ0n) is 33.7. The molecule has 3 fully saturated rings. The molecule has 6 atom stereocenters. The van der Waals surface area contributed by atoms with E-state index in [2.05, 4.69) is 31.2 Å². The van der Waals surface area contributed by atoms with Crippen LogP contribution in [0.3, 0.4) is 0 Å². The van der Waals surface area contributed by atoms with E-state index in [9.17, 15) is 33.9 Å². The number of amides is 6. The van der Waals surface area contributed by atoms with Crippen molar-refractivity contribution in [2.45, 2.75) is 148 Å². The molecule has 16 heteroatoms. The van der Waals surface area contributed by atoms with Crippen LogP contribution in [0.4, 0.5) is 4.79 Å². The molecule has 3 aliphatic rings. The van der Waals surface area contributed by atoms with Gasteiger partial charge < -0.3 is 40.9 Å². The van der Waals surface area contributed by atoms with Crippen LogP contribution in [-0.4, -0.2) is 123 Å². The maximum Gasteiger partial charge on any atom is 0.410 e. The molecule has 55 heavy (non-hydrogen) atoms. The van der Waals surface area contributed by atoms with Gasteiger partial charge in [-0.15, -0.1) is 0 Å². The molecule has 6 amide bonds. The average Bonchev–Trinajstić information content (AvgIpc) is 3.83. The fraction of sp³-hybridized carbons (Fsp3) is 0.744. The molecular weight excluding hydrogens is 708 g/mol. The topological polar surface area (TPSA) is 212 Å². The highest BCUT2D eigenvalue weighted by molar-refractivity contribution is 5.97. The fourth-order valence-corrected chi connectivity index (χ4v) is 7.26. The summed E-state index contributed by atoms with van der Waals surface area (Å²) < 4.78 is 5.63. The summed E-state index contributed by atoms with van der Waals surface area (Å²) in [6.45, 7) is 12.4. The van der Waals surface area contributed by atoms with Crippen LogP contribution >= 0.6 is 0 Å². The smallest absolute Gasteiger partial charge is 0.410 e. The number of likely N-dealkylation sites (N-methyl/N-ethyl adjacent to an activating group) is 1. The highest BCUT2D eigenvalue weighted by atomic mass is 16.6. The van der Waals surface area contributed by atoms with Crippen molar-refractivity contribution in [2.75, 3.05) is 20.1 Å². The summed E-state index contributed by atoms with van der Waals surface area (Å²) in [6.07, 6.45) is 8.87. The van der Waals surface area contributed by atoms with E-state index in [-0.39, 0.29) is 30.7 Å². The van der Waals surface area contributed by atoms with Crippen molar-refractivity contribution in [3.63, 3.8) is 0 Å². The number of carbonyl (C=O) groups excluding carboxylic acids is 6. The maximum atomic E-state index is 14.6. The number of aromatic nitrogens is 2. The van der Waals surface area contributed by atoms with E-state index in [1.54, 1.807) is 20.8 Å². The predicted octanol–water partition coefficient (Wildman–Crippen LogP) is 2.30. The van der Waals surface area contributed by atoms with Crippen LogP contribution in [0.15, 0.2) is 18.6 Å². The van der Waals surface area contributed by atoms with Gasteiger partial charge in [0.2, 0.25) is 17.7 Å². The van der Waals surface area contributed by atoms with Gasteiger partial charge in [0.05, 0.1) is 24.2 Å². The molecule has 16 nitrogen and oxygen atoms in total. The Hall–Kier alpha value is -4.34. The van der Waals surface area contributed by atoms with Crippen molar-refractivity contribution in [2.24, 2.45) is 17.3 Å². The Morgan fingerprint density at radius 1 is 0.927 bits per heavy atom. The minimum Gasteiger partial charge on any atom is -0.444 e. The Labute approximate surface area is 324 Å². The van der Waals surface area contributed by atoms with Crippen molar-refractivity contribution in [3.05, 3.63) is 24.3 Å². The van der Waals surface area contributed by atoms with Gasteiger partial charge in [0.15, 0.2) is 6.10 Å². The molecule has 2 aliphatic carbocycles. The van der Waals surface area contributed by atoms with Crippen molar-refractivity contribution in [3.8, 4) is 0 Å². The molecule has 5 N–H and O–H groups in total. The van der Waals surface area contributed by atoms with Gasteiger partial charge in [0.1, 0.15) is 23.4 Å². The summed E-state index contributed by atoms with van der Waals surface area (Å²) in [4.78, 5) is 93.1. The van der Waals surface area contributed by atoms with Gasteiger partial charge in [-0.3, -0.25) is 29.0 Å². The summed E-state index contributed by atoms with van der Waals surface area (Å²) in [5, 5.41) is 22.4. The Kier molecular flexibility index (Phi) is 14.6. The molecule has 2 heterocycles. The largest absolute Gasteiger partial charge is 0.444 e. The second kappa shape index (κ2) is 18.5. The third-order valence-corrected chi connectivity index (χ3v) is 10.5. The number of nitrogens with zero attached hydrogens (tertiary/aromatic N) is 4. The number of aliphatic hydroxyl groups is 1. The predicted molar refractivity (Wildman–Crippen MR) is 203 cm³/mol. The standard InChI is InChI=1S/C39H62N8O8/c1-9-13-26(30(48)35(52)42-24-16-17-24)43-32(49)25-21-47(37(54)55-39(5,6)7)22-28(25)46(8)36(53)31(38(2,3)4)45-34(51)29(23-14-11-10-12-15-23)44-33(50)27-20-40-18-19-41-27/h18-20,23-26,28-31,48H,9-17,21-22H2,1-8H3,(H,42,52)(H,43,49)(H,44,50)(H,45,51)/t25?,26-,28?,29-,30?,31+/m0/s1. The summed E-state index contributed by atoms with van der Waals surface area (Å²) in [5.74, 6) is -3.77. The maximum absolute atomic E-state index is 14.6. The lowest BCUT2D eigenvalue weighted by Gasteiger charge is -2.38. The minimum atomic E-state index is -1.49. The molecule has 1 aromatic heterocycles. The van der Waals surface area contributed by atoms with E-state index in [0.717, 1.165) is 44.9 Å². The number of hydrogen-bond donors (Lipinski definition) is 5. The fourth-order valence-electron chi connectivity index (χ4n) is 7.26. The lowest BCUT2D eigenvalue weighted by Crippen LogP contribution is -2.61. The summed E-state index contributed by atoms with van der Waals surface area (Å²) >= 11 is 0. The molecule has 0 spiro atoms. The monoisotopic (exact) mass is 770 g/mol. The highest BCUT2D eigenvalue weighted by Gasteiger charge is 2.48.